The van der Waals surface area contributed by atoms with E-state index in [1.807, 2.05) is 42.7 Å². The first-order valence-electron chi connectivity index (χ1n) is 4.03. The van der Waals surface area contributed by atoms with E-state index in [1.165, 1.54) is 0 Å². The van der Waals surface area contributed by atoms with Crippen LogP contribution >= 0.6 is 0 Å². The quantitative estimate of drug-likeness (QED) is 0.475. The van der Waals surface area contributed by atoms with Gasteiger partial charge in [-0.3, -0.25) is 0 Å². The first-order valence-corrected chi connectivity index (χ1v) is 4.03. The van der Waals surface area contributed by atoms with Gasteiger partial charge in [0.25, 0.3) is 0 Å². The number of anilines is 1. The minimum atomic E-state index is 0.697. The maximum Gasteiger partial charge on any atom is 0.166 e. The number of aromatic nitrogens is 1. The van der Waals surface area contributed by atoms with Crippen LogP contribution in [0.2, 0.25) is 0 Å². The van der Waals surface area contributed by atoms with Crippen molar-refractivity contribution in [3.05, 3.63) is 60.9 Å². The number of aromatic amines is 1. The van der Waals surface area contributed by atoms with Crippen LogP contribution in [0.15, 0.2) is 54.9 Å². The molecule has 2 nitrogen and oxygen atoms in total. The lowest BCUT2D eigenvalue weighted by Crippen LogP contribution is -1.93. The summed E-state index contributed by atoms with van der Waals surface area (Å²) in [4.78, 5) is 2.89. The zero-order chi connectivity index (χ0) is 9.36. The van der Waals surface area contributed by atoms with Crippen molar-refractivity contribution < 1.29 is 4.98 Å². The van der Waals surface area contributed by atoms with Crippen LogP contribution in [-0.2, 0) is 0 Å². The second-order valence-corrected chi connectivity index (χ2v) is 2.40. The fourth-order valence-corrected chi connectivity index (χ4v) is 0.749. The molecule has 0 saturated heterocycles. The summed E-state index contributed by atoms with van der Waals surface area (Å²) in [6.45, 7) is 0. The maximum atomic E-state index is 5.30. The molecule has 3 N–H and O–H groups in total. The number of nitrogens with one attached hydrogen (secondary N) is 1. The van der Waals surface area contributed by atoms with E-state index in [-0.39, 0.29) is 0 Å². The zero-order valence-corrected chi connectivity index (χ0v) is 7.27. The van der Waals surface area contributed by atoms with Crippen molar-refractivity contribution in [3.8, 4) is 0 Å². The standard InChI is InChI=1S/C6H6N.C5H5N/c7-6-4-2-1-3-5-6;1-2-4-6-5-3-1/h1-4H,7H2;1-5H/q-1;/p+1. The second-order valence-electron chi connectivity index (χ2n) is 2.40. The fourth-order valence-electron chi connectivity index (χ4n) is 0.749. The second kappa shape index (κ2) is 5.77. The molecule has 1 aromatic heterocycles. The fraction of sp³-hybridized carbons (Fsp3) is 0. The van der Waals surface area contributed by atoms with E-state index in [2.05, 4.69) is 11.1 Å². The Kier molecular flexibility index (Phi) is 4.11. The number of rotatable bonds is 0. The highest BCUT2D eigenvalue weighted by Crippen LogP contribution is 1.94. The van der Waals surface area contributed by atoms with Gasteiger partial charge in [-0.1, -0.05) is 11.8 Å². The lowest BCUT2D eigenvalue weighted by molar-refractivity contribution is -0.377. The predicted molar refractivity (Wildman–Crippen MR) is 52.7 cm³/mol. The molecular weight excluding hydrogens is 160 g/mol. The van der Waals surface area contributed by atoms with E-state index in [0.29, 0.717) is 5.69 Å². The van der Waals surface area contributed by atoms with Gasteiger partial charge in [0.1, 0.15) is 0 Å². The Morgan fingerprint density at radius 1 is 1.00 bits per heavy atom. The normalized spacial score (nSPS) is 8.31. The van der Waals surface area contributed by atoms with Crippen LogP contribution in [0.4, 0.5) is 5.69 Å². The highest BCUT2D eigenvalue weighted by atomic mass is 14.6. The van der Waals surface area contributed by atoms with Gasteiger partial charge in [-0.15, -0.1) is 6.07 Å². The highest BCUT2D eigenvalue weighted by molar-refractivity contribution is 5.34. The third-order valence-electron chi connectivity index (χ3n) is 1.34. The Balaban J connectivity index is 0.000000132. The summed E-state index contributed by atoms with van der Waals surface area (Å²) in [5, 5.41) is 0. The Bertz CT molecular complexity index is 279. The number of pyridine rings is 1. The third-order valence-corrected chi connectivity index (χ3v) is 1.34. The molecule has 0 radical (unpaired) electrons. The molecule has 1 aromatic carbocycles. The Labute approximate surface area is 78.1 Å². The van der Waals surface area contributed by atoms with E-state index in [1.54, 1.807) is 12.1 Å². The molecule has 13 heavy (non-hydrogen) atoms. The lowest BCUT2D eigenvalue weighted by atomic mass is 10.3. The van der Waals surface area contributed by atoms with Gasteiger partial charge in [0.15, 0.2) is 12.4 Å². The molecule has 0 bridgehead atoms. The average molecular weight is 172 g/mol. The van der Waals surface area contributed by atoms with Crippen LogP contribution < -0.4 is 10.7 Å². The van der Waals surface area contributed by atoms with E-state index < -0.39 is 0 Å². The van der Waals surface area contributed by atoms with Gasteiger partial charge in [-0.05, 0) is 0 Å². The third kappa shape index (κ3) is 4.58. The van der Waals surface area contributed by atoms with Crippen LogP contribution in [0.3, 0.4) is 0 Å². The Morgan fingerprint density at radius 2 is 1.77 bits per heavy atom. The summed E-state index contributed by atoms with van der Waals surface area (Å²) in [6.07, 6.45) is 3.75. The minimum absolute atomic E-state index is 0.697. The van der Waals surface area contributed by atoms with Gasteiger partial charge in [0, 0.05) is 12.1 Å². The van der Waals surface area contributed by atoms with Gasteiger partial charge in [0.05, 0.1) is 0 Å². The van der Waals surface area contributed by atoms with Gasteiger partial charge >= 0.3 is 0 Å². The van der Waals surface area contributed by atoms with Crippen LogP contribution in [0, 0.1) is 6.07 Å². The molecule has 0 fully saturated rings. The van der Waals surface area contributed by atoms with E-state index in [4.69, 9.17) is 5.73 Å². The maximum absolute atomic E-state index is 5.30. The Morgan fingerprint density at radius 3 is 2.00 bits per heavy atom. The molecule has 66 valence electrons. The van der Waals surface area contributed by atoms with Crippen LogP contribution in [0.25, 0.3) is 0 Å². The van der Waals surface area contributed by atoms with Crippen molar-refractivity contribution >= 4 is 5.69 Å². The molecule has 1 heterocycles. The van der Waals surface area contributed by atoms with Crippen molar-refractivity contribution in [3.63, 3.8) is 0 Å². The molecular formula is C11H12N2. The smallest absolute Gasteiger partial charge is 0.166 e. The SMILES string of the molecule is Nc1[c-]cccc1.c1cc[nH+]cc1. The number of hydrogen-bond donors (Lipinski definition) is 1. The molecule has 0 atom stereocenters. The monoisotopic (exact) mass is 172 g/mol. The van der Waals surface area contributed by atoms with E-state index in [0.717, 1.165) is 0 Å². The molecule has 0 aliphatic rings. The van der Waals surface area contributed by atoms with Crippen molar-refractivity contribution in [1.29, 1.82) is 0 Å². The Hall–Kier alpha value is -1.83. The number of nitrogen functional groups attached to an aromatic ring is 1. The number of nitrogens with two attached hydrogens (primary N) is 1. The summed E-state index contributed by atoms with van der Waals surface area (Å²) >= 11 is 0. The summed E-state index contributed by atoms with van der Waals surface area (Å²) in [7, 11) is 0. The highest BCUT2D eigenvalue weighted by Gasteiger charge is 1.65. The topological polar surface area (TPSA) is 40.2 Å². The number of H-pyrrole nitrogens is 1. The molecule has 0 saturated carbocycles. The van der Waals surface area contributed by atoms with Crippen molar-refractivity contribution in [1.82, 2.24) is 0 Å². The molecule has 0 unspecified atom stereocenters. The van der Waals surface area contributed by atoms with Crippen molar-refractivity contribution in [2.24, 2.45) is 0 Å². The summed E-state index contributed by atoms with van der Waals surface area (Å²) in [5.41, 5.74) is 6.00. The lowest BCUT2D eigenvalue weighted by Gasteiger charge is -1.93. The van der Waals surface area contributed by atoms with Crippen molar-refractivity contribution in [2.45, 2.75) is 0 Å². The number of benzene rings is 1. The van der Waals surface area contributed by atoms with Gasteiger partial charge < -0.3 is 5.73 Å². The van der Waals surface area contributed by atoms with E-state index in [9.17, 15) is 0 Å². The summed E-state index contributed by atoms with van der Waals surface area (Å²) < 4.78 is 0. The predicted octanol–water partition coefficient (Wildman–Crippen LogP) is 1.57. The number of para-hydroxylation sites is 1. The average Bonchev–Trinajstić information content (AvgIpc) is 2.22. The summed E-state index contributed by atoms with van der Waals surface area (Å²) in [6, 6.07) is 16.0. The van der Waals surface area contributed by atoms with Gasteiger partial charge in [0.2, 0.25) is 0 Å². The molecule has 2 rings (SSSR count). The van der Waals surface area contributed by atoms with Gasteiger partial charge in [-0.2, -0.15) is 24.3 Å². The zero-order valence-electron chi connectivity index (χ0n) is 7.27. The van der Waals surface area contributed by atoms with Crippen LogP contribution in [-0.4, -0.2) is 0 Å². The molecule has 0 aliphatic carbocycles. The first-order chi connectivity index (χ1) is 6.39. The van der Waals surface area contributed by atoms with Gasteiger partial charge in [-0.25, -0.2) is 4.98 Å². The number of hydrogen-bond acceptors (Lipinski definition) is 1. The minimum Gasteiger partial charge on any atom is -0.420 e. The van der Waals surface area contributed by atoms with Crippen LogP contribution in [0.5, 0.6) is 0 Å². The molecule has 2 heteroatoms. The van der Waals surface area contributed by atoms with E-state index >= 15 is 0 Å². The molecule has 0 spiro atoms. The molecule has 0 amide bonds. The first kappa shape index (κ1) is 9.26. The molecule has 2 aromatic rings. The van der Waals surface area contributed by atoms with Crippen LogP contribution in [0.1, 0.15) is 0 Å². The largest absolute Gasteiger partial charge is 0.420 e. The van der Waals surface area contributed by atoms with Crippen molar-refractivity contribution in [2.75, 3.05) is 5.73 Å². The summed E-state index contributed by atoms with van der Waals surface area (Å²) in [5.74, 6) is 0. The molecule has 0 aliphatic heterocycles.